The first-order chi connectivity index (χ1) is 10.2. The average molecular weight is 302 g/mol. The SMILES string of the molecule is COCc1ccccc1-n1c(C(C)Cl)nc2cnccc21. The first kappa shape index (κ1) is 14.0. The zero-order valence-corrected chi connectivity index (χ0v) is 12.7. The molecule has 0 aliphatic rings. The molecule has 1 unspecified atom stereocenters. The van der Waals surface area contributed by atoms with Crippen molar-refractivity contribution in [2.24, 2.45) is 0 Å². The lowest BCUT2D eigenvalue weighted by molar-refractivity contribution is 0.185. The van der Waals surface area contributed by atoms with E-state index in [9.17, 15) is 0 Å². The van der Waals surface area contributed by atoms with Crippen molar-refractivity contribution in [2.45, 2.75) is 18.9 Å². The summed E-state index contributed by atoms with van der Waals surface area (Å²) in [4.78, 5) is 8.75. The van der Waals surface area contributed by atoms with Crippen LogP contribution in [-0.4, -0.2) is 21.6 Å². The summed E-state index contributed by atoms with van der Waals surface area (Å²) in [6.45, 7) is 2.46. The maximum absolute atomic E-state index is 6.32. The predicted molar refractivity (Wildman–Crippen MR) is 83.8 cm³/mol. The topological polar surface area (TPSA) is 39.9 Å². The molecular weight excluding hydrogens is 286 g/mol. The molecule has 3 rings (SSSR count). The molecule has 21 heavy (non-hydrogen) atoms. The molecule has 0 amide bonds. The summed E-state index contributed by atoms with van der Waals surface area (Å²) in [5.41, 5.74) is 3.97. The standard InChI is InChI=1S/C16H16ClN3O/c1-11(17)16-19-13-9-18-8-7-15(13)20(16)14-6-4-3-5-12(14)10-21-2/h3-9,11H,10H2,1-2H3. The highest BCUT2D eigenvalue weighted by molar-refractivity contribution is 6.20. The second-order valence-electron chi connectivity index (χ2n) is 4.85. The van der Waals surface area contributed by atoms with E-state index < -0.39 is 0 Å². The Morgan fingerprint density at radius 1 is 1.29 bits per heavy atom. The normalized spacial score (nSPS) is 12.7. The molecule has 0 aliphatic carbocycles. The van der Waals surface area contributed by atoms with Crippen LogP contribution in [0.2, 0.25) is 0 Å². The van der Waals surface area contributed by atoms with Crippen LogP contribution in [0.15, 0.2) is 42.7 Å². The molecule has 0 fully saturated rings. The van der Waals surface area contributed by atoms with Gasteiger partial charge in [0.05, 0.1) is 29.4 Å². The van der Waals surface area contributed by atoms with Gasteiger partial charge in [-0.3, -0.25) is 9.55 Å². The molecular formula is C16H16ClN3O. The number of rotatable bonds is 4. The zero-order valence-electron chi connectivity index (χ0n) is 12.0. The minimum atomic E-state index is -0.201. The predicted octanol–water partition coefficient (Wildman–Crippen LogP) is 3.87. The number of fused-ring (bicyclic) bond motifs is 1. The van der Waals surface area contributed by atoms with Crippen molar-refractivity contribution >= 4 is 22.6 Å². The third kappa shape index (κ3) is 2.52. The van der Waals surface area contributed by atoms with E-state index in [4.69, 9.17) is 16.3 Å². The molecule has 0 radical (unpaired) electrons. The molecule has 0 spiro atoms. The third-order valence-corrected chi connectivity index (χ3v) is 3.57. The first-order valence-electron chi connectivity index (χ1n) is 6.76. The van der Waals surface area contributed by atoms with Gasteiger partial charge in [0.15, 0.2) is 0 Å². The Hall–Kier alpha value is -1.91. The van der Waals surface area contributed by atoms with E-state index in [2.05, 4.69) is 26.7 Å². The summed E-state index contributed by atoms with van der Waals surface area (Å²) in [6.07, 6.45) is 3.52. The van der Waals surface area contributed by atoms with Crippen molar-refractivity contribution in [2.75, 3.05) is 7.11 Å². The first-order valence-corrected chi connectivity index (χ1v) is 7.19. The lowest BCUT2D eigenvalue weighted by Crippen LogP contribution is -2.05. The molecule has 1 atom stereocenters. The number of para-hydroxylation sites is 1. The Balaban J connectivity index is 2.31. The number of imidazole rings is 1. The fourth-order valence-corrected chi connectivity index (χ4v) is 2.62. The number of alkyl halides is 1. The Kier molecular flexibility index (Phi) is 3.90. The minimum absolute atomic E-state index is 0.201. The molecule has 0 saturated heterocycles. The number of nitrogens with zero attached hydrogens (tertiary/aromatic N) is 3. The molecule has 108 valence electrons. The summed E-state index contributed by atoms with van der Waals surface area (Å²) < 4.78 is 7.39. The van der Waals surface area contributed by atoms with Gasteiger partial charge < -0.3 is 4.74 Å². The minimum Gasteiger partial charge on any atom is -0.380 e. The van der Waals surface area contributed by atoms with Gasteiger partial charge in [0, 0.05) is 18.9 Å². The van der Waals surface area contributed by atoms with E-state index in [1.807, 2.05) is 25.1 Å². The van der Waals surface area contributed by atoms with Gasteiger partial charge in [-0.1, -0.05) is 18.2 Å². The van der Waals surface area contributed by atoms with E-state index in [1.54, 1.807) is 19.5 Å². The van der Waals surface area contributed by atoms with Crippen LogP contribution < -0.4 is 0 Å². The van der Waals surface area contributed by atoms with Gasteiger partial charge in [-0.2, -0.15) is 0 Å². The molecule has 3 aromatic rings. The van der Waals surface area contributed by atoms with Gasteiger partial charge >= 0.3 is 0 Å². The second-order valence-corrected chi connectivity index (χ2v) is 5.50. The van der Waals surface area contributed by atoms with Crippen molar-refractivity contribution in [3.63, 3.8) is 0 Å². The van der Waals surface area contributed by atoms with Crippen LogP contribution in [0.25, 0.3) is 16.7 Å². The van der Waals surface area contributed by atoms with Crippen molar-refractivity contribution in [1.82, 2.24) is 14.5 Å². The molecule has 2 heterocycles. The molecule has 0 bridgehead atoms. The number of pyridine rings is 1. The highest BCUT2D eigenvalue weighted by atomic mass is 35.5. The number of methoxy groups -OCH3 is 1. The van der Waals surface area contributed by atoms with E-state index >= 15 is 0 Å². The highest BCUT2D eigenvalue weighted by Gasteiger charge is 2.18. The number of hydrogen-bond donors (Lipinski definition) is 0. The number of ether oxygens (including phenoxy) is 1. The van der Waals surface area contributed by atoms with Crippen LogP contribution in [0.1, 0.15) is 23.7 Å². The highest BCUT2D eigenvalue weighted by Crippen LogP contribution is 2.29. The Bertz CT molecular complexity index is 767. The molecule has 0 N–H and O–H groups in total. The van der Waals surface area contributed by atoms with Crippen molar-refractivity contribution in [3.8, 4) is 5.69 Å². The number of hydrogen-bond acceptors (Lipinski definition) is 3. The van der Waals surface area contributed by atoms with Gasteiger partial charge in [-0.05, 0) is 19.1 Å². The molecule has 0 saturated carbocycles. The summed E-state index contributed by atoms with van der Waals surface area (Å²) in [5.74, 6) is 0.809. The molecule has 0 aliphatic heterocycles. The van der Waals surface area contributed by atoms with Gasteiger partial charge in [-0.15, -0.1) is 11.6 Å². The van der Waals surface area contributed by atoms with Crippen molar-refractivity contribution in [3.05, 3.63) is 54.1 Å². The zero-order chi connectivity index (χ0) is 14.8. The molecule has 1 aromatic carbocycles. The van der Waals surface area contributed by atoms with E-state index in [0.717, 1.165) is 28.1 Å². The number of halogens is 1. The maximum Gasteiger partial charge on any atom is 0.132 e. The van der Waals surface area contributed by atoms with Crippen molar-refractivity contribution < 1.29 is 4.74 Å². The number of aromatic nitrogens is 3. The van der Waals surface area contributed by atoms with E-state index in [-0.39, 0.29) is 5.38 Å². The monoisotopic (exact) mass is 301 g/mol. The van der Waals surface area contributed by atoms with Gasteiger partial charge in [0.2, 0.25) is 0 Å². The Morgan fingerprint density at radius 2 is 2.10 bits per heavy atom. The molecule has 5 heteroatoms. The quantitative estimate of drug-likeness (QED) is 0.687. The van der Waals surface area contributed by atoms with Crippen LogP contribution in [0.3, 0.4) is 0 Å². The van der Waals surface area contributed by atoms with E-state index in [1.165, 1.54) is 0 Å². The fourth-order valence-electron chi connectivity index (χ4n) is 2.48. The second kappa shape index (κ2) is 5.84. The van der Waals surface area contributed by atoms with Crippen LogP contribution in [0, 0.1) is 0 Å². The largest absolute Gasteiger partial charge is 0.380 e. The third-order valence-electron chi connectivity index (χ3n) is 3.37. The Morgan fingerprint density at radius 3 is 2.86 bits per heavy atom. The van der Waals surface area contributed by atoms with Crippen molar-refractivity contribution in [1.29, 1.82) is 0 Å². The van der Waals surface area contributed by atoms with E-state index in [0.29, 0.717) is 6.61 Å². The summed E-state index contributed by atoms with van der Waals surface area (Å²) in [5, 5.41) is -0.201. The smallest absolute Gasteiger partial charge is 0.132 e. The maximum atomic E-state index is 6.32. The average Bonchev–Trinajstić information content (AvgIpc) is 2.88. The van der Waals surface area contributed by atoms with Gasteiger partial charge in [-0.25, -0.2) is 4.98 Å². The van der Waals surface area contributed by atoms with Crippen LogP contribution in [0.4, 0.5) is 0 Å². The summed E-state index contributed by atoms with van der Waals surface area (Å²) >= 11 is 6.32. The van der Waals surface area contributed by atoms with Crippen LogP contribution >= 0.6 is 11.6 Å². The van der Waals surface area contributed by atoms with Crippen LogP contribution in [0.5, 0.6) is 0 Å². The lowest BCUT2D eigenvalue weighted by atomic mass is 10.1. The van der Waals surface area contributed by atoms with Gasteiger partial charge in [0.1, 0.15) is 11.3 Å². The summed E-state index contributed by atoms with van der Waals surface area (Å²) in [6, 6.07) is 10.1. The Labute approximate surface area is 128 Å². The lowest BCUT2D eigenvalue weighted by Gasteiger charge is -2.14. The molecule has 4 nitrogen and oxygen atoms in total. The van der Waals surface area contributed by atoms with Crippen LogP contribution in [-0.2, 0) is 11.3 Å². The summed E-state index contributed by atoms with van der Waals surface area (Å²) in [7, 11) is 1.69. The molecule has 2 aromatic heterocycles. The van der Waals surface area contributed by atoms with Gasteiger partial charge in [0.25, 0.3) is 0 Å². The number of benzene rings is 1. The fraction of sp³-hybridized carbons (Fsp3) is 0.250.